The maximum absolute atomic E-state index is 3.59. The maximum Gasteiger partial charge on any atom is 0.0291 e. The van der Waals surface area contributed by atoms with Crippen LogP contribution < -0.4 is 5.32 Å². The van der Waals surface area contributed by atoms with Gasteiger partial charge in [0.25, 0.3) is 0 Å². The zero-order valence-electron chi connectivity index (χ0n) is 11.7. The molecule has 0 spiro atoms. The second kappa shape index (κ2) is 9.57. The summed E-state index contributed by atoms with van der Waals surface area (Å²) in [6.07, 6.45) is 8.17. The van der Waals surface area contributed by atoms with Gasteiger partial charge in [0.05, 0.1) is 0 Å². The van der Waals surface area contributed by atoms with Crippen LogP contribution in [0.4, 0.5) is 0 Å². The van der Waals surface area contributed by atoms with E-state index in [0.29, 0.717) is 6.04 Å². The minimum absolute atomic E-state index is 0.453. The van der Waals surface area contributed by atoms with Crippen molar-refractivity contribution in [3.05, 3.63) is 34.3 Å². The third-order valence-corrected chi connectivity index (χ3v) is 3.88. The van der Waals surface area contributed by atoms with E-state index >= 15 is 0 Å². The minimum Gasteiger partial charge on any atom is -0.310 e. The highest BCUT2D eigenvalue weighted by Crippen LogP contribution is 2.16. The predicted octanol–water partition coefficient (Wildman–Crippen LogP) is 5.46. The third-order valence-electron chi connectivity index (χ3n) is 3.35. The van der Waals surface area contributed by atoms with Crippen molar-refractivity contribution >= 4 is 15.9 Å². The molecule has 0 radical (unpaired) electrons. The number of halogens is 1. The fourth-order valence-corrected chi connectivity index (χ4v) is 2.36. The summed E-state index contributed by atoms with van der Waals surface area (Å²) in [5, 5.41) is 3.59. The van der Waals surface area contributed by atoms with Crippen LogP contribution in [0.3, 0.4) is 0 Å². The molecule has 1 nitrogen and oxygen atoms in total. The second-order valence-corrected chi connectivity index (χ2v) is 5.91. The van der Waals surface area contributed by atoms with Gasteiger partial charge in [-0.25, -0.2) is 0 Å². The van der Waals surface area contributed by atoms with Crippen molar-refractivity contribution in [2.75, 3.05) is 6.54 Å². The van der Waals surface area contributed by atoms with Crippen molar-refractivity contribution in [1.82, 2.24) is 5.32 Å². The summed E-state index contributed by atoms with van der Waals surface area (Å²) in [5.41, 5.74) is 1.36. The van der Waals surface area contributed by atoms with E-state index in [1.54, 1.807) is 0 Å². The first kappa shape index (κ1) is 15.7. The van der Waals surface area contributed by atoms with Gasteiger partial charge in [0.15, 0.2) is 0 Å². The Morgan fingerprint density at radius 3 is 2.28 bits per heavy atom. The molecule has 0 amide bonds. The molecule has 0 aliphatic rings. The lowest BCUT2D eigenvalue weighted by atomic mass is 10.1. The molecule has 102 valence electrons. The van der Waals surface area contributed by atoms with Crippen LogP contribution in [0.25, 0.3) is 0 Å². The first-order valence-electron chi connectivity index (χ1n) is 7.23. The normalized spacial score (nSPS) is 12.6. The van der Waals surface area contributed by atoms with E-state index in [1.807, 2.05) is 0 Å². The van der Waals surface area contributed by atoms with E-state index in [0.717, 1.165) is 11.0 Å². The Morgan fingerprint density at radius 2 is 1.61 bits per heavy atom. The van der Waals surface area contributed by atoms with Gasteiger partial charge in [-0.2, -0.15) is 0 Å². The highest BCUT2D eigenvalue weighted by molar-refractivity contribution is 9.10. The maximum atomic E-state index is 3.59. The quantitative estimate of drug-likeness (QED) is 0.597. The molecule has 0 bridgehead atoms. The Hall–Kier alpha value is -0.340. The van der Waals surface area contributed by atoms with Gasteiger partial charge in [-0.1, -0.05) is 67.1 Å². The van der Waals surface area contributed by atoms with E-state index in [2.05, 4.69) is 59.4 Å². The molecular weight excluding hydrogens is 286 g/mol. The summed E-state index contributed by atoms with van der Waals surface area (Å²) >= 11 is 3.47. The number of unbranched alkanes of at least 4 members (excludes halogenated alkanes) is 5. The van der Waals surface area contributed by atoms with Crippen LogP contribution >= 0.6 is 15.9 Å². The Bertz CT molecular complexity index is 307. The molecule has 0 aliphatic heterocycles. The third kappa shape index (κ3) is 6.55. The summed E-state index contributed by atoms with van der Waals surface area (Å²) in [7, 11) is 0. The molecule has 0 aromatic heterocycles. The summed E-state index contributed by atoms with van der Waals surface area (Å²) in [6, 6.07) is 9.04. The van der Waals surface area contributed by atoms with Crippen molar-refractivity contribution < 1.29 is 0 Å². The number of hydrogen-bond donors (Lipinski definition) is 1. The molecule has 0 unspecified atom stereocenters. The second-order valence-electron chi connectivity index (χ2n) is 5.00. The smallest absolute Gasteiger partial charge is 0.0291 e. The molecule has 2 heteroatoms. The van der Waals surface area contributed by atoms with Gasteiger partial charge in [-0.3, -0.25) is 0 Å². The van der Waals surface area contributed by atoms with E-state index in [-0.39, 0.29) is 0 Å². The van der Waals surface area contributed by atoms with Crippen LogP contribution in [0.5, 0.6) is 0 Å². The van der Waals surface area contributed by atoms with E-state index < -0.39 is 0 Å². The minimum atomic E-state index is 0.453. The molecule has 18 heavy (non-hydrogen) atoms. The van der Waals surface area contributed by atoms with Gasteiger partial charge >= 0.3 is 0 Å². The Labute approximate surface area is 120 Å². The highest BCUT2D eigenvalue weighted by Gasteiger charge is 2.03. The average Bonchev–Trinajstić information content (AvgIpc) is 2.38. The molecule has 0 aliphatic carbocycles. The molecule has 0 saturated heterocycles. The van der Waals surface area contributed by atoms with Gasteiger partial charge in [-0.05, 0) is 37.6 Å². The van der Waals surface area contributed by atoms with Crippen LogP contribution in [0.2, 0.25) is 0 Å². The largest absolute Gasteiger partial charge is 0.310 e. The molecule has 0 heterocycles. The lowest BCUT2D eigenvalue weighted by Gasteiger charge is -2.14. The molecule has 0 saturated carbocycles. The van der Waals surface area contributed by atoms with Crippen LogP contribution in [0.1, 0.15) is 64.0 Å². The van der Waals surface area contributed by atoms with Crippen molar-refractivity contribution in [3.8, 4) is 0 Å². The monoisotopic (exact) mass is 311 g/mol. The summed E-state index contributed by atoms with van der Waals surface area (Å²) < 4.78 is 1.15. The van der Waals surface area contributed by atoms with Crippen molar-refractivity contribution in [3.63, 3.8) is 0 Å². The van der Waals surface area contributed by atoms with E-state index in [9.17, 15) is 0 Å². The molecule has 1 aromatic rings. The van der Waals surface area contributed by atoms with E-state index in [1.165, 1.54) is 44.1 Å². The number of rotatable bonds is 9. The van der Waals surface area contributed by atoms with Crippen molar-refractivity contribution in [2.45, 2.75) is 58.4 Å². The lowest BCUT2D eigenvalue weighted by Crippen LogP contribution is -2.19. The number of nitrogens with one attached hydrogen (secondary N) is 1. The summed E-state index contributed by atoms with van der Waals surface area (Å²) in [6.45, 7) is 5.63. The molecule has 1 aromatic carbocycles. The summed E-state index contributed by atoms with van der Waals surface area (Å²) in [5.74, 6) is 0. The number of hydrogen-bond acceptors (Lipinski definition) is 1. The van der Waals surface area contributed by atoms with Crippen LogP contribution in [0, 0.1) is 0 Å². The molecule has 1 atom stereocenters. The van der Waals surface area contributed by atoms with Crippen LogP contribution in [-0.4, -0.2) is 6.54 Å². The fraction of sp³-hybridized carbons (Fsp3) is 0.625. The zero-order chi connectivity index (χ0) is 13.2. The van der Waals surface area contributed by atoms with Gasteiger partial charge in [0, 0.05) is 10.5 Å². The van der Waals surface area contributed by atoms with Crippen LogP contribution in [0.15, 0.2) is 28.7 Å². The van der Waals surface area contributed by atoms with Crippen molar-refractivity contribution in [2.24, 2.45) is 0 Å². The Morgan fingerprint density at radius 1 is 1.00 bits per heavy atom. The topological polar surface area (TPSA) is 12.0 Å². The Kier molecular flexibility index (Phi) is 8.36. The van der Waals surface area contributed by atoms with Gasteiger partial charge < -0.3 is 5.32 Å². The lowest BCUT2D eigenvalue weighted by molar-refractivity contribution is 0.527. The first-order chi connectivity index (χ1) is 8.74. The molecule has 1 N–H and O–H groups in total. The predicted molar refractivity (Wildman–Crippen MR) is 83.9 cm³/mol. The van der Waals surface area contributed by atoms with Gasteiger partial charge in [0.2, 0.25) is 0 Å². The van der Waals surface area contributed by atoms with Gasteiger partial charge in [0.1, 0.15) is 0 Å². The SMILES string of the molecule is CCCCCCCCN[C@H](C)c1ccc(Br)cc1. The molecule has 1 rings (SSSR count). The molecular formula is C16H26BrN. The van der Waals surface area contributed by atoms with Crippen molar-refractivity contribution in [1.29, 1.82) is 0 Å². The Balaban J connectivity index is 2.10. The molecule has 0 fully saturated rings. The standard InChI is InChI=1S/C16H26BrN/c1-3-4-5-6-7-8-13-18-14(2)15-9-11-16(17)12-10-15/h9-12,14,18H,3-8,13H2,1-2H3/t14-/m1/s1. The average molecular weight is 312 g/mol. The number of benzene rings is 1. The first-order valence-corrected chi connectivity index (χ1v) is 8.02. The van der Waals surface area contributed by atoms with E-state index in [4.69, 9.17) is 0 Å². The summed E-state index contributed by atoms with van der Waals surface area (Å²) in [4.78, 5) is 0. The fourth-order valence-electron chi connectivity index (χ4n) is 2.09. The van der Waals surface area contributed by atoms with Gasteiger partial charge in [-0.15, -0.1) is 0 Å². The highest BCUT2D eigenvalue weighted by atomic mass is 79.9. The van der Waals surface area contributed by atoms with Crippen LogP contribution in [-0.2, 0) is 0 Å². The zero-order valence-corrected chi connectivity index (χ0v) is 13.3.